The fraction of sp³-hybridized carbons (Fsp3) is 0.538. The molecule has 0 unspecified atom stereocenters. The monoisotopic (exact) mass is 319 g/mol. The van der Waals surface area contributed by atoms with Gasteiger partial charge in [0.1, 0.15) is 0 Å². The van der Waals surface area contributed by atoms with Crippen molar-refractivity contribution in [1.82, 2.24) is 0 Å². The number of ether oxygens (including phenoxy) is 1. The van der Waals surface area contributed by atoms with Crippen LogP contribution in [0.15, 0.2) is 22.7 Å². The number of rotatable bonds is 2. The fourth-order valence-corrected chi connectivity index (χ4v) is 2.99. The molecular formula is C13H19BrClNO. The molecule has 0 spiro atoms. The van der Waals surface area contributed by atoms with Crippen molar-refractivity contribution >= 4 is 28.3 Å². The molecule has 4 heteroatoms. The van der Waals surface area contributed by atoms with E-state index in [1.165, 1.54) is 11.1 Å². The summed E-state index contributed by atoms with van der Waals surface area (Å²) in [4.78, 5) is 0. The van der Waals surface area contributed by atoms with E-state index in [-0.39, 0.29) is 18.4 Å². The van der Waals surface area contributed by atoms with E-state index in [1.807, 2.05) is 0 Å². The minimum Gasteiger partial charge on any atom is -0.381 e. The molecular weight excluding hydrogens is 302 g/mol. The van der Waals surface area contributed by atoms with Crippen LogP contribution < -0.4 is 5.73 Å². The third kappa shape index (κ3) is 3.68. The summed E-state index contributed by atoms with van der Waals surface area (Å²) in [7, 11) is 0. The Balaban J connectivity index is 0.00000144. The molecule has 1 fully saturated rings. The van der Waals surface area contributed by atoms with Crippen LogP contribution in [0, 0.1) is 12.8 Å². The van der Waals surface area contributed by atoms with E-state index < -0.39 is 0 Å². The van der Waals surface area contributed by atoms with Gasteiger partial charge >= 0.3 is 0 Å². The van der Waals surface area contributed by atoms with Crippen molar-refractivity contribution in [2.75, 3.05) is 13.2 Å². The first-order valence-electron chi connectivity index (χ1n) is 5.78. The number of benzene rings is 1. The lowest BCUT2D eigenvalue weighted by Gasteiger charge is -2.28. The third-order valence-electron chi connectivity index (χ3n) is 3.29. The fourth-order valence-electron chi connectivity index (χ4n) is 2.23. The molecule has 2 N–H and O–H groups in total. The van der Waals surface area contributed by atoms with Crippen molar-refractivity contribution in [3.8, 4) is 0 Å². The average molecular weight is 321 g/mol. The average Bonchev–Trinajstić information content (AvgIpc) is 2.29. The standard InChI is InChI=1S/C13H18BrNO.ClH/c1-9-2-3-11(12(14)8-9)13(15)10-4-6-16-7-5-10;/h2-3,8,10,13H,4-7,15H2,1H3;1H/t13-;/m0./s1. The van der Waals surface area contributed by atoms with Crippen LogP contribution in [0.4, 0.5) is 0 Å². The largest absolute Gasteiger partial charge is 0.381 e. The summed E-state index contributed by atoms with van der Waals surface area (Å²) in [6, 6.07) is 6.52. The molecule has 1 heterocycles. The predicted octanol–water partition coefficient (Wildman–Crippen LogP) is 3.61. The Morgan fingerprint density at radius 1 is 1.35 bits per heavy atom. The quantitative estimate of drug-likeness (QED) is 0.903. The number of aryl methyl sites for hydroxylation is 1. The van der Waals surface area contributed by atoms with E-state index >= 15 is 0 Å². The van der Waals surface area contributed by atoms with E-state index in [0.29, 0.717) is 5.92 Å². The molecule has 1 aromatic rings. The number of hydrogen-bond donors (Lipinski definition) is 1. The lowest BCUT2D eigenvalue weighted by Crippen LogP contribution is -2.27. The summed E-state index contributed by atoms with van der Waals surface area (Å²) in [6.45, 7) is 3.79. The van der Waals surface area contributed by atoms with Crippen LogP contribution >= 0.6 is 28.3 Å². The van der Waals surface area contributed by atoms with E-state index in [0.717, 1.165) is 30.5 Å². The molecule has 0 aromatic heterocycles. The van der Waals surface area contributed by atoms with Gasteiger partial charge in [0.05, 0.1) is 0 Å². The van der Waals surface area contributed by atoms with Gasteiger partial charge < -0.3 is 10.5 Å². The molecule has 96 valence electrons. The number of halogens is 2. The molecule has 2 nitrogen and oxygen atoms in total. The number of hydrogen-bond acceptors (Lipinski definition) is 2. The van der Waals surface area contributed by atoms with E-state index in [4.69, 9.17) is 10.5 Å². The molecule has 1 saturated heterocycles. The van der Waals surface area contributed by atoms with Crippen molar-refractivity contribution in [1.29, 1.82) is 0 Å². The Labute approximate surface area is 117 Å². The Hall–Kier alpha value is -0.0900. The number of nitrogens with two attached hydrogens (primary N) is 1. The maximum Gasteiger partial charge on any atom is 0.0469 e. The topological polar surface area (TPSA) is 35.2 Å². The van der Waals surface area contributed by atoms with Crippen molar-refractivity contribution in [3.63, 3.8) is 0 Å². The minimum absolute atomic E-state index is 0. The molecule has 0 amide bonds. The van der Waals surface area contributed by atoms with Crippen LogP contribution in [0.3, 0.4) is 0 Å². The van der Waals surface area contributed by atoms with Gasteiger partial charge in [-0.1, -0.05) is 28.1 Å². The molecule has 1 atom stereocenters. The van der Waals surface area contributed by atoms with Crippen LogP contribution in [-0.4, -0.2) is 13.2 Å². The van der Waals surface area contributed by atoms with Gasteiger partial charge in [-0.05, 0) is 42.9 Å². The molecule has 1 aromatic carbocycles. The molecule has 0 aliphatic carbocycles. The van der Waals surface area contributed by atoms with Crippen LogP contribution in [0.5, 0.6) is 0 Å². The second-order valence-electron chi connectivity index (χ2n) is 4.50. The summed E-state index contributed by atoms with van der Waals surface area (Å²) in [6.07, 6.45) is 2.14. The molecule has 0 saturated carbocycles. The van der Waals surface area contributed by atoms with Crippen molar-refractivity contribution in [3.05, 3.63) is 33.8 Å². The zero-order chi connectivity index (χ0) is 11.5. The first kappa shape index (κ1) is 15.0. The van der Waals surface area contributed by atoms with Crippen LogP contribution in [0.1, 0.15) is 30.0 Å². The summed E-state index contributed by atoms with van der Waals surface area (Å²) >= 11 is 3.60. The summed E-state index contributed by atoms with van der Waals surface area (Å²) < 4.78 is 6.50. The van der Waals surface area contributed by atoms with Crippen LogP contribution in [0.25, 0.3) is 0 Å². The highest BCUT2D eigenvalue weighted by Crippen LogP contribution is 2.32. The maximum absolute atomic E-state index is 6.34. The molecule has 0 bridgehead atoms. The van der Waals surface area contributed by atoms with Gasteiger partial charge in [0, 0.05) is 23.7 Å². The van der Waals surface area contributed by atoms with Crippen LogP contribution in [-0.2, 0) is 4.74 Å². The molecule has 1 aliphatic rings. The lowest BCUT2D eigenvalue weighted by molar-refractivity contribution is 0.0583. The highest BCUT2D eigenvalue weighted by atomic mass is 79.9. The Morgan fingerprint density at radius 2 is 2.00 bits per heavy atom. The first-order valence-corrected chi connectivity index (χ1v) is 6.57. The van der Waals surface area contributed by atoms with Crippen molar-refractivity contribution < 1.29 is 4.74 Å². The van der Waals surface area contributed by atoms with Crippen LogP contribution in [0.2, 0.25) is 0 Å². The van der Waals surface area contributed by atoms with Gasteiger partial charge in [0.25, 0.3) is 0 Å². The summed E-state index contributed by atoms with van der Waals surface area (Å²) in [5.74, 6) is 0.549. The predicted molar refractivity (Wildman–Crippen MR) is 76.6 cm³/mol. The van der Waals surface area contributed by atoms with E-state index in [2.05, 4.69) is 41.1 Å². The second-order valence-corrected chi connectivity index (χ2v) is 5.35. The van der Waals surface area contributed by atoms with Crippen molar-refractivity contribution in [2.45, 2.75) is 25.8 Å². The first-order chi connectivity index (χ1) is 7.68. The maximum atomic E-state index is 6.34. The highest BCUT2D eigenvalue weighted by molar-refractivity contribution is 9.10. The molecule has 1 aliphatic heterocycles. The van der Waals surface area contributed by atoms with Gasteiger partial charge in [-0.15, -0.1) is 12.4 Å². The Morgan fingerprint density at radius 3 is 2.59 bits per heavy atom. The molecule has 17 heavy (non-hydrogen) atoms. The van der Waals surface area contributed by atoms with Crippen molar-refractivity contribution in [2.24, 2.45) is 11.7 Å². The summed E-state index contributed by atoms with van der Waals surface area (Å²) in [5, 5.41) is 0. The lowest BCUT2D eigenvalue weighted by atomic mass is 9.87. The Bertz CT molecular complexity index is 366. The van der Waals surface area contributed by atoms with Gasteiger partial charge in [-0.3, -0.25) is 0 Å². The zero-order valence-corrected chi connectivity index (χ0v) is 12.4. The SMILES string of the molecule is Cc1ccc([C@@H](N)C2CCOCC2)c(Br)c1.Cl. The third-order valence-corrected chi connectivity index (χ3v) is 3.98. The summed E-state index contributed by atoms with van der Waals surface area (Å²) in [5.41, 5.74) is 8.81. The molecule has 2 rings (SSSR count). The van der Waals surface area contributed by atoms with Gasteiger partial charge in [-0.25, -0.2) is 0 Å². The zero-order valence-electron chi connectivity index (χ0n) is 9.99. The minimum atomic E-state index is 0. The van der Waals surface area contributed by atoms with E-state index in [1.54, 1.807) is 0 Å². The van der Waals surface area contributed by atoms with Gasteiger partial charge in [0.2, 0.25) is 0 Å². The van der Waals surface area contributed by atoms with Gasteiger partial charge in [0.15, 0.2) is 0 Å². The van der Waals surface area contributed by atoms with Gasteiger partial charge in [-0.2, -0.15) is 0 Å². The van der Waals surface area contributed by atoms with E-state index in [9.17, 15) is 0 Å². The normalized spacial score (nSPS) is 18.5. The molecule has 0 radical (unpaired) electrons. The highest BCUT2D eigenvalue weighted by Gasteiger charge is 2.23. The second kappa shape index (κ2) is 6.74. The smallest absolute Gasteiger partial charge is 0.0469 e. The Kier molecular flexibility index (Phi) is 5.93.